The molecule has 1 N–H and O–H groups in total. The SMILES string of the molecule is Cn1nc(Br)cc1C1CCNCC1. The molecule has 0 aliphatic carbocycles. The fraction of sp³-hybridized carbons (Fsp3) is 0.667. The fourth-order valence-corrected chi connectivity index (χ4v) is 2.42. The molecule has 1 aromatic rings. The van der Waals surface area contributed by atoms with Crippen LogP contribution in [0.3, 0.4) is 0 Å². The maximum absolute atomic E-state index is 4.30. The molecular weight excluding hydrogens is 230 g/mol. The molecule has 3 nitrogen and oxygen atoms in total. The first-order chi connectivity index (χ1) is 6.27. The van der Waals surface area contributed by atoms with Gasteiger partial charge in [0.1, 0.15) is 4.60 Å². The second kappa shape index (κ2) is 3.80. The van der Waals surface area contributed by atoms with Crippen molar-refractivity contribution in [3.05, 3.63) is 16.4 Å². The normalized spacial score (nSPS) is 19.2. The zero-order valence-corrected chi connectivity index (χ0v) is 9.34. The Morgan fingerprint density at radius 3 is 2.77 bits per heavy atom. The molecule has 1 fully saturated rings. The average molecular weight is 244 g/mol. The van der Waals surface area contributed by atoms with Crippen molar-refractivity contribution in [2.45, 2.75) is 18.8 Å². The highest BCUT2D eigenvalue weighted by molar-refractivity contribution is 9.10. The standard InChI is InChI=1S/C9H14BrN3/c1-13-8(6-9(10)12-13)7-2-4-11-5-3-7/h6-7,11H,2-5H2,1H3. The van der Waals surface area contributed by atoms with Crippen LogP contribution in [0.4, 0.5) is 0 Å². The quantitative estimate of drug-likeness (QED) is 0.814. The first kappa shape index (κ1) is 9.21. The third kappa shape index (κ3) is 1.94. The van der Waals surface area contributed by atoms with Crippen LogP contribution < -0.4 is 5.32 Å². The molecule has 13 heavy (non-hydrogen) atoms. The average Bonchev–Trinajstić information content (AvgIpc) is 2.47. The van der Waals surface area contributed by atoms with E-state index in [2.05, 4.69) is 32.4 Å². The number of nitrogens with zero attached hydrogens (tertiary/aromatic N) is 2. The van der Waals surface area contributed by atoms with E-state index in [-0.39, 0.29) is 0 Å². The molecule has 0 aromatic carbocycles. The predicted molar refractivity (Wildman–Crippen MR) is 55.8 cm³/mol. The molecule has 2 heterocycles. The maximum atomic E-state index is 4.30. The van der Waals surface area contributed by atoms with Crippen LogP contribution in [0.25, 0.3) is 0 Å². The lowest BCUT2D eigenvalue weighted by atomic mass is 9.95. The van der Waals surface area contributed by atoms with E-state index in [0.29, 0.717) is 5.92 Å². The summed E-state index contributed by atoms with van der Waals surface area (Å²) >= 11 is 3.40. The van der Waals surface area contributed by atoms with E-state index in [4.69, 9.17) is 0 Å². The van der Waals surface area contributed by atoms with Crippen molar-refractivity contribution in [1.29, 1.82) is 0 Å². The first-order valence-corrected chi connectivity index (χ1v) is 5.47. The number of aromatic nitrogens is 2. The summed E-state index contributed by atoms with van der Waals surface area (Å²) in [5.41, 5.74) is 1.35. The minimum atomic E-state index is 0.685. The minimum Gasteiger partial charge on any atom is -0.317 e. The number of piperidine rings is 1. The number of nitrogens with one attached hydrogen (secondary N) is 1. The highest BCUT2D eigenvalue weighted by atomic mass is 79.9. The third-order valence-electron chi connectivity index (χ3n) is 2.64. The predicted octanol–water partition coefficient (Wildman–Crippen LogP) is 1.65. The summed E-state index contributed by atoms with van der Waals surface area (Å²) < 4.78 is 2.93. The zero-order chi connectivity index (χ0) is 9.26. The molecule has 1 aliphatic rings. The molecule has 2 rings (SSSR count). The van der Waals surface area contributed by atoms with Crippen LogP contribution in [0.2, 0.25) is 0 Å². The van der Waals surface area contributed by atoms with Crippen molar-refractivity contribution in [2.75, 3.05) is 13.1 Å². The van der Waals surface area contributed by atoms with Crippen molar-refractivity contribution >= 4 is 15.9 Å². The lowest BCUT2D eigenvalue weighted by Gasteiger charge is -2.22. The molecule has 1 saturated heterocycles. The van der Waals surface area contributed by atoms with E-state index in [1.54, 1.807) is 0 Å². The van der Waals surface area contributed by atoms with Gasteiger partial charge in [-0.05, 0) is 47.9 Å². The van der Waals surface area contributed by atoms with Gasteiger partial charge in [-0.3, -0.25) is 4.68 Å². The summed E-state index contributed by atoms with van der Waals surface area (Å²) in [6, 6.07) is 2.13. The number of rotatable bonds is 1. The van der Waals surface area contributed by atoms with Gasteiger partial charge in [0.2, 0.25) is 0 Å². The van der Waals surface area contributed by atoms with E-state index in [1.165, 1.54) is 18.5 Å². The Balaban J connectivity index is 2.18. The Kier molecular flexibility index (Phi) is 2.69. The minimum absolute atomic E-state index is 0.685. The lowest BCUT2D eigenvalue weighted by Crippen LogP contribution is -2.27. The molecule has 1 aromatic heterocycles. The molecule has 0 spiro atoms. The van der Waals surface area contributed by atoms with E-state index >= 15 is 0 Å². The molecule has 0 radical (unpaired) electrons. The summed E-state index contributed by atoms with van der Waals surface area (Å²) in [5, 5.41) is 7.67. The largest absolute Gasteiger partial charge is 0.317 e. The van der Waals surface area contributed by atoms with Crippen LogP contribution >= 0.6 is 15.9 Å². The molecule has 0 bridgehead atoms. The summed E-state index contributed by atoms with van der Waals surface area (Å²) in [5.74, 6) is 0.685. The highest BCUT2D eigenvalue weighted by Gasteiger charge is 2.18. The zero-order valence-electron chi connectivity index (χ0n) is 7.76. The Morgan fingerprint density at radius 2 is 2.23 bits per heavy atom. The van der Waals surface area contributed by atoms with Gasteiger partial charge in [-0.25, -0.2) is 0 Å². The first-order valence-electron chi connectivity index (χ1n) is 4.67. The Morgan fingerprint density at radius 1 is 1.54 bits per heavy atom. The molecule has 0 saturated carbocycles. The number of halogens is 1. The van der Waals surface area contributed by atoms with Gasteiger partial charge < -0.3 is 5.32 Å². The molecule has 0 unspecified atom stereocenters. The summed E-state index contributed by atoms with van der Waals surface area (Å²) in [7, 11) is 2.02. The van der Waals surface area contributed by atoms with Gasteiger partial charge in [-0.2, -0.15) is 5.10 Å². The van der Waals surface area contributed by atoms with Crippen molar-refractivity contribution < 1.29 is 0 Å². The van der Waals surface area contributed by atoms with Crippen LogP contribution in [-0.2, 0) is 7.05 Å². The molecule has 4 heteroatoms. The van der Waals surface area contributed by atoms with E-state index in [0.717, 1.165) is 17.7 Å². The summed E-state index contributed by atoms with van der Waals surface area (Å²) in [6.45, 7) is 2.26. The van der Waals surface area contributed by atoms with Gasteiger partial charge in [0.05, 0.1) is 0 Å². The number of hydrogen-bond donors (Lipinski definition) is 1. The van der Waals surface area contributed by atoms with Crippen LogP contribution in [0.15, 0.2) is 10.7 Å². The summed E-state index contributed by atoms with van der Waals surface area (Å²) in [4.78, 5) is 0. The van der Waals surface area contributed by atoms with E-state index in [1.807, 2.05) is 11.7 Å². The monoisotopic (exact) mass is 243 g/mol. The van der Waals surface area contributed by atoms with Gasteiger partial charge >= 0.3 is 0 Å². The topological polar surface area (TPSA) is 29.9 Å². The van der Waals surface area contributed by atoms with Crippen LogP contribution in [-0.4, -0.2) is 22.9 Å². The highest BCUT2D eigenvalue weighted by Crippen LogP contribution is 2.26. The van der Waals surface area contributed by atoms with Crippen molar-refractivity contribution in [3.63, 3.8) is 0 Å². The Labute approximate surface area is 86.6 Å². The van der Waals surface area contributed by atoms with Gasteiger partial charge in [0.25, 0.3) is 0 Å². The van der Waals surface area contributed by atoms with Gasteiger partial charge in [-0.1, -0.05) is 0 Å². The maximum Gasteiger partial charge on any atom is 0.128 e. The number of aryl methyl sites for hydroxylation is 1. The number of hydrogen-bond acceptors (Lipinski definition) is 2. The van der Waals surface area contributed by atoms with E-state index < -0.39 is 0 Å². The van der Waals surface area contributed by atoms with Crippen molar-refractivity contribution in [3.8, 4) is 0 Å². The van der Waals surface area contributed by atoms with Crippen LogP contribution in [0, 0.1) is 0 Å². The molecule has 0 amide bonds. The second-order valence-electron chi connectivity index (χ2n) is 3.54. The van der Waals surface area contributed by atoms with Crippen molar-refractivity contribution in [2.24, 2.45) is 7.05 Å². The molecule has 0 atom stereocenters. The van der Waals surface area contributed by atoms with Gasteiger partial charge in [0.15, 0.2) is 0 Å². The Bertz CT molecular complexity index is 289. The van der Waals surface area contributed by atoms with Crippen molar-refractivity contribution in [1.82, 2.24) is 15.1 Å². The molecule has 72 valence electrons. The van der Waals surface area contributed by atoms with Gasteiger partial charge in [0, 0.05) is 18.7 Å². The van der Waals surface area contributed by atoms with Crippen LogP contribution in [0.1, 0.15) is 24.5 Å². The van der Waals surface area contributed by atoms with Gasteiger partial charge in [-0.15, -0.1) is 0 Å². The lowest BCUT2D eigenvalue weighted by molar-refractivity contribution is 0.440. The fourth-order valence-electron chi connectivity index (χ4n) is 1.95. The van der Waals surface area contributed by atoms with Crippen LogP contribution in [0.5, 0.6) is 0 Å². The van der Waals surface area contributed by atoms with E-state index in [9.17, 15) is 0 Å². The Hall–Kier alpha value is -0.350. The second-order valence-corrected chi connectivity index (χ2v) is 4.35. The third-order valence-corrected chi connectivity index (χ3v) is 3.03. The molecular formula is C9H14BrN3. The smallest absolute Gasteiger partial charge is 0.128 e. The molecule has 1 aliphatic heterocycles. The summed E-state index contributed by atoms with van der Waals surface area (Å²) in [6.07, 6.45) is 2.46.